The molecule has 1 saturated heterocycles. The molecule has 1 aliphatic heterocycles. The van der Waals surface area contributed by atoms with Crippen LogP contribution in [0.5, 0.6) is 5.75 Å². The Morgan fingerprint density at radius 1 is 1.33 bits per heavy atom. The van der Waals surface area contributed by atoms with Crippen molar-refractivity contribution >= 4 is 0 Å². The van der Waals surface area contributed by atoms with Crippen LogP contribution in [-0.2, 0) is 0 Å². The molecule has 2 rings (SSSR count). The van der Waals surface area contributed by atoms with E-state index >= 15 is 0 Å². The van der Waals surface area contributed by atoms with Crippen LogP contribution in [0.3, 0.4) is 0 Å². The number of hydrogen-bond acceptors (Lipinski definition) is 3. The van der Waals surface area contributed by atoms with Crippen molar-refractivity contribution in [3.05, 3.63) is 29.8 Å². The van der Waals surface area contributed by atoms with Gasteiger partial charge in [-0.3, -0.25) is 0 Å². The van der Waals surface area contributed by atoms with Crippen LogP contribution in [-0.4, -0.2) is 39.2 Å². The first-order valence-corrected chi connectivity index (χ1v) is 6.74. The van der Waals surface area contributed by atoms with E-state index in [1.807, 2.05) is 6.07 Å². The molecule has 0 bridgehead atoms. The van der Waals surface area contributed by atoms with E-state index in [1.165, 1.54) is 18.4 Å². The minimum atomic E-state index is 0.425. The van der Waals surface area contributed by atoms with Gasteiger partial charge in [-0.2, -0.15) is 0 Å². The Bertz CT molecular complexity index is 373. The Kier molecular flexibility index (Phi) is 4.61. The van der Waals surface area contributed by atoms with E-state index in [4.69, 9.17) is 4.74 Å². The van der Waals surface area contributed by atoms with Crippen molar-refractivity contribution in [2.75, 3.05) is 34.3 Å². The summed E-state index contributed by atoms with van der Waals surface area (Å²) in [6.45, 7) is 2.25. The number of ether oxygens (including phenoxy) is 1. The maximum absolute atomic E-state index is 5.52. The van der Waals surface area contributed by atoms with Crippen LogP contribution >= 0.6 is 0 Å². The van der Waals surface area contributed by atoms with Crippen molar-refractivity contribution in [3.8, 4) is 5.75 Å². The highest BCUT2D eigenvalue weighted by Gasteiger charge is 2.28. The van der Waals surface area contributed by atoms with Crippen LogP contribution in [0.4, 0.5) is 0 Å². The normalized spacial score (nSPS) is 21.9. The Morgan fingerprint density at radius 2 is 2.11 bits per heavy atom. The smallest absolute Gasteiger partial charge is 0.123 e. The predicted molar refractivity (Wildman–Crippen MR) is 75.0 cm³/mol. The molecule has 0 spiro atoms. The summed E-state index contributed by atoms with van der Waals surface area (Å²) in [5.41, 5.74) is 1.30. The summed E-state index contributed by atoms with van der Waals surface area (Å²) < 4.78 is 5.52. The minimum absolute atomic E-state index is 0.425. The molecule has 1 fully saturated rings. The number of methoxy groups -OCH3 is 1. The number of hydrogen-bond donors (Lipinski definition) is 1. The molecule has 18 heavy (non-hydrogen) atoms. The number of piperidine rings is 1. The molecule has 0 radical (unpaired) electrons. The van der Waals surface area contributed by atoms with E-state index in [0.29, 0.717) is 12.0 Å². The molecule has 1 aromatic carbocycles. The third-order valence-corrected chi connectivity index (χ3v) is 3.80. The molecule has 3 heteroatoms. The van der Waals surface area contributed by atoms with E-state index in [-0.39, 0.29) is 0 Å². The van der Waals surface area contributed by atoms with Crippen molar-refractivity contribution in [1.29, 1.82) is 0 Å². The number of benzene rings is 1. The van der Waals surface area contributed by atoms with Crippen LogP contribution in [0.1, 0.15) is 24.4 Å². The lowest BCUT2D eigenvalue weighted by Gasteiger charge is -2.36. The predicted octanol–water partition coefficient (Wildman–Crippen LogP) is 2.30. The van der Waals surface area contributed by atoms with Gasteiger partial charge in [-0.25, -0.2) is 0 Å². The molecule has 1 aliphatic rings. The number of rotatable bonds is 4. The second-order valence-electron chi connectivity index (χ2n) is 5.26. The highest BCUT2D eigenvalue weighted by atomic mass is 16.5. The first kappa shape index (κ1) is 13.4. The SMILES string of the molecule is COc1ccccc1C(C1CCCNC1)N(C)C. The lowest BCUT2D eigenvalue weighted by Crippen LogP contribution is -2.38. The zero-order chi connectivity index (χ0) is 13.0. The molecule has 0 amide bonds. The topological polar surface area (TPSA) is 24.5 Å². The number of nitrogens with one attached hydrogen (secondary N) is 1. The maximum Gasteiger partial charge on any atom is 0.123 e. The molecule has 1 aromatic rings. The Hall–Kier alpha value is -1.06. The average molecular weight is 248 g/mol. The van der Waals surface area contributed by atoms with Gasteiger partial charge < -0.3 is 15.0 Å². The molecule has 0 aliphatic carbocycles. The molecular weight excluding hydrogens is 224 g/mol. The molecule has 100 valence electrons. The highest BCUT2D eigenvalue weighted by Crippen LogP contribution is 2.36. The number of para-hydroxylation sites is 1. The quantitative estimate of drug-likeness (QED) is 0.885. The fourth-order valence-electron chi connectivity index (χ4n) is 3.01. The summed E-state index contributed by atoms with van der Waals surface area (Å²) in [4.78, 5) is 2.32. The Morgan fingerprint density at radius 3 is 2.72 bits per heavy atom. The summed E-state index contributed by atoms with van der Waals surface area (Å²) >= 11 is 0. The molecular formula is C15H24N2O. The van der Waals surface area contributed by atoms with Gasteiger partial charge in [0.1, 0.15) is 5.75 Å². The lowest BCUT2D eigenvalue weighted by molar-refractivity contribution is 0.177. The summed E-state index contributed by atoms with van der Waals surface area (Å²) in [5, 5.41) is 3.51. The molecule has 0 saturated carbocycles. The summed E-state index contributed by atoms with van der Waals surface area (Å²) in [6, 6.07) is 8.81. The van der Waals surface area contributed by atoms with Crippen LogP contribution in [0.25, 0.3) is 0 Å². The summed E-state index contributed by atoms with van der Waals surface area (Å²) in [6.07, 6.45) is 2.55. The van der Waals surface area contributed by atoms with E-state index < -0.39 is 0 Å². The monoisotopic (exact) mass is 248 g/mol. The number of nitrogens with zero attached hydrogens (tertiary/aromatic N) is 1. The van der Waals surface area contributed by atoms with Gasteiger partial charge >= 0.3 is 0 Å². The summed E-state index contributed by atoms with van der Waals surface area (Å²) in [7, 11) is 6.07. The van der Waals surface area contributed by atoms with Gasteiger partial charge in [0, 0.05) is 11.6 Å². The fourth-order valence-corrected chi connectivity index (χ4v) is 3.01. The molecule has 3 nitrogen and oxygen atoms in total. The average Bonchev–Trinajstić information content (AvgIpc) is 2.40. The second kappa shape index (κ2) is 6.21. The van der Waals surface area contributed by atoms with Crippen molar-refractivity contribution in [3.63, 3.8) is 0 Å². The standard InChI is InChI=1S/C15H24N2O/c1-17(2)15(12-7-6-10-16-11-12)13-8-4-5-9-14(13)18-3/h4-5,8-9,12,15-16H,6-7,10-11H2,1-3H3. The van der Waals surface area contributed by atoms with E-state index in [1.54, 1.807) is 7.11 Å². The van der Waals surface area contributed by atoms with E-state index in [9.17, 15) is 0 Å². The zero-order valence-electron chi connectivity index (χ0n) is 11.6. The van der Waals surface area contributed by atoms with E-state index in [0.717, 1.165) is 18.8 Å². The molecule has 2 unspecified atom stereocenters. The van der Waals surface area contributed by atoms with Crippen LogP contribution in [0, 0.1) is 5.92 Å². The maximum atomic E-state index is 5.52. The van der Waals surface area contributed by atoms with E-state index in [2.05, 4.69) is 42.5 Å². The molecule has 1 heterocycles. The lowest BCUT2D eigenvalue weighted by atomic mass is 9.86. The Balaban J connectivity index is 2.28. The Labute approximate surface area is 110 Å². The van der Waals surface area contributed by atoms with Crippen LogP contribution in [0.2, 0.25) is 0 Å². The highest BCUT2D eigenvalue weighted by molar-refractivity contribution is 5.36. The van der Waals surface area contributed by atoms with Crippen molar-refractivity contribution < 1.29 is 4.74 Å². The van der Waals surface area contributed by atoms with Crippen molar-refractivity contribution in [1.82, 2.24) is 10.2 Å². The first-order valence-electron chi connectivity index (χ1n) is 6.74. The van der Waals surface area contributed by atoms with Crippen molar-refractivity contribution in [2.45, 2.75) is 18.9 Å². The molecule has 2 atom stereocenters. The minimum Gasteiger partial charge on any atom is -0.496 e. The van der Waals surface area contributed by atoms with Gasteiger partial charge in [0.2, 0.25) is 0 Å². The van der Waals surface area contributed by atoms with Crippen LogP contribution < -0.4 is 10.1 Å². The van der Waals surface area contributed by atoms with Crippen LogP contribution in [0.15, 0.2) is 24.3 Å². The second-order valence-corrected chi connectivity index (χ2v) is 5.26. The molecule has 0 aromatic heterocycles. The molecule has 1 N–H and O–H groups in total. The first-order chi connectivity index (χ1) is 8.74. The summed E-state index contributed by atoms with van der Waals surface area (Å²) in [5.74, 6) is 1.66. The fraction of sp³-hybridized carbons (Fsp3) is 0.600. The van der Waals surface area contributed by atoms with Gasteiger partial charge in [0.05, 0.1) is 7.11 Å². The van der Waals surface area contributed by atoms with Gasteiger partial charge in [0.15, 0.2) is 0 Å². The van der Waals surface area contributed by atoms with Gasteiger partial charge in [-0.05, 0) is 52.0 Å². The van der Waals surface area contributed by atoms with Gasteiger partial charge in [-0.1, -0.05) is 18.2 Å². The zero-order valence-corrected chi connectivity index (χ0v) is 11.6. The third kappa shape index (κ3) is 2.85. The van der Waals surface area contributed by atoms with Gasteiger partial charge in [0.25, 0.3) is 0 Å². The largest absolute Gasteiger partial charge is 0.496 e. The van der Waals surface area contributed by atoms with Crippen molar-refractivity contribution in [2.24, 2.45) is 5.92 Å². The third-order valence-electron chi connectivity index (χ3n) is 3.80. The van der Waals surface area contributed by atoms with Gasteiger partial charge in [-0.15, -0.1) is 0 Å².